The number of ether oxygens (including phenoxy) is 2. The predicted molar refractivity (Wildman–Crippen MR) is 63.4 cm³/mol. The monoisotopic (exact) mass is 260 g/mol. The van der Waals surface area contributed by atoms with Crippen molar-refractivity contribution in [3.05, 3.63) is 34.9 Å². The van der Waals surface area contributed by atoms with Gasteiger partial charge in [-0.3, -0.25) is 0 Å². The van der Waals surface area contributed by atoms with Gasteiger partial charge in [-0.25, -0.2) is 8.78 Å². The van der Waals surface area contributed by atoms with Gasteiger partial charge in [0.2, 0.25) is 0 Å². The summed E-state index contributed by atoms with van der Waals surface area (Å²) in [7, 11) is 1.56. The van der Waals surface area contributed by atoms with Crippen molar-refractivity contribution in [2.24, 2.45) is 0 Å². The van der Waals surface area contributed by atoms with Gasteiger partial charge in [-0.1, -0.05) is 12.1 Å². The molecule has 0 heterocycles. The second-order valence-electron chi connectivity index (χ2n) is 4.01. The third-order valence-corrected chi connectivity index (χ3v) is 2.63. The second kappa shape index (κ2) is 7.41. The van der Waals surface area contributed by atoms with Crippen LogP contribution in [0.15, 0.2) is 12.1 Å². The van der Waals surface area contributed by atoms with E-state index in [1.165, 1.54) is 19.1 Å². The molecule has 0 aromatic heterocycles. The Morgan fingerprint density at radius 1 is 1.17 bits per heavy atom. The van der Waals surface area contributed by atoms with Crippen LogP contribution in [0.1, 0.15) is 23.7 Å². The smallest absolute Gasteiger partial charge is 0.164 e. The van der Waals surface area contributed by atoms with E-state index in [0.29, 0.717) is 13.2 Å². The molecule has 0 fully saturated rings. The fourth-order valence-corrected chi connectivity index (χ4v) is 1.51. The number of rotatable bonds is 7. The van der Waals surface area contributed by atoms with Gasteiger partial charge in [-0.05, 0) is 12.5 Å². The molecule has 1 aromatic carbocycles. The van der Waals surface area contributed by atoms with Gasteiger partial charge in [0, 0.05) is 25.7 Å². The summed E-state index contributed by atoms with van der Waals surface area (Å²) in [4.78, 5) is 0. The molecule has 0 radical (unpaired) electrons. The zero-order valence-corrected chi connectivity index (χ0v) is 10.6. The van der Waals surface area contributed by atoms with Crippen LogP contribution in [0.25, 0.3) is 0 Å². The van der Waals surface area contributed by atoms with E-state index in [0.717, 1.165) is 0 Å². The lowest BCUT2D eigenvalue weighted by Gasteiger charge is -2.13. The van der Waals surface area contributed by atoms with E-state index in [-0.39, 0.29) is 24.2 Å². The second-order valence-corrected chi connectivity index (χ2v) is 4.01. The largest absolute Gasteiger partial charge is 0.388 e. The lowest BCUT2D eigenvalue weighted by atomic mass is 10.0. The van der Waals surface area contributed by atoms with Crippen LogP contribution in [0.4, 0.5) is 8.78 Å². The number of benzene rings is 1. The number of halogens is 2. The Kier molecular flexibility index (Phi) is 6.18. The van der Waals surface area contributed by atoms with Crippen molar-refractivity contribution in [1.29, 1.82) is 0 Å². The van der Waals surface area contributed by atoms with Crippen molar-refractivity contribution < 1.29 is 23.4 Å². The Bertz CT molecular complexity index is 383. The molecule has 0 saturated carbocycles. The van der Waals surface area contributed by atoms with Crippen molar-refractivity contribution in [3.63, 3.8) is 0 Å². The van der Waals surface area contributed by atoms with Crippen molar-refractivity contribution in [3.8, 4) is 0 Å². The first-order valence-corrected chi connectivity index (χ1v) is 5.77. The molecule has 0 amide bonds. The summed E-state index contributed by atoms with van der Waals surface area (Å²) < 4.78 is 36.8. The number of hydrogen-bond donors (Lipinski definition) is 1. The van der Waals surface area contributed by atoms with E-state index >= 15 is 0 Å². The van der Waals surface area contributed by atoms with Gasteiger partial charge < -0.3 is 14.6 Å². The van der Waals surface area contributed by atoms with E-state index in [9.17, 15) is 13.9 Å². The first kappa shape index (κ1) is 15.0. The summed E-state index contributed by atoms with van der Waals surface area (Å²) >= 11 is 0. The minimum atomic E-state index is -1.07. The fourth-order valence-electron chi connectivity index (χ4n) is 1.51. The lowest BCUT2D eigenvalue weighted by molar-refractivity contribution is 0.0467. The quantitative estimate of drug-likeness (QED) is 0.765. The van der Waals surface area contributed by atoms with Gasteiger partial charge in [0.15, 0.2) is 11.6 Å². The fraction of sp³-hybridized carbons (Fsp3) is 0.538. The molecule has 0 aliphatic rings. The van der Waals surface area contributed by atoms with Gasteiger partial charge in [-0.15, -0.1) is 0 Å². The van der Waals surface area contributed by atoms with E-state index in [1.54, 1.807) is 7.11 Å². The summed E-state index contributed by atoms with van der Waals surface area (Å²) in [6, 6.07) is 2.84. The van der Waals surface area contributed by atoms with Crippen molar-refractivity contribution in [2.75, 3.05) is 26.9 Å². The molecule has 1 aromatic rings. The first-order chi connectivity index (χ1) is 8.57. The molecule has 0 aliphatic carbocycles. The first-order valence-electron chi connectivity index (χ1n) is 5.77. The van der Waals surface area contributed by atoms with E-state index in [4.69, 9.17) is 9.47 Å². The van der Waals surface area contributed by atoms with Gasteiger partial charge >= 0.3 is 0 Å². The maximum absolute atomic E-state index is 13.5. The topological polar surface area (TPSA) is 38.7 Å². The zero-order valence-electron chi connectivity index (χ0n) is 10.6. The molecular formula is C13H18F2O3. The Hall–Kier alpha value is -1.04. The van der Waals surface area contributed by atoms with Crippen LogP contribution < -0.4 is 0 Å². The Labute approximate surface area is 105 Å². The molecule has 1 unspecified atom stereocenters. The summed E-state index contributed by atoms with van der Waals surface area (Å²) in [5.74, 6) is -1.90. The maximum Gasteiger partial charge on any atom is 0.164 e. The Morgan fingerprint density at radius 2 is 1.89 bits per heavy atom. The summed E-state index contributed by atoms with van der Waals surface area (Å²) in [6.07, 6.45) is -0.856. The van der Waals surface area contributed by atoms with E-state index in [2.05, 4.69) is 0 Å². The van der Waals surface area contributed by atoms with Gasteiger partial charge in [0.25, 0.3) is 0 Å². The van der Waals surface area contributed by atoms with Crippen LogP contribution in [0.3, 0.4) is 0 Å². The molecular weight excluding hydrogens is 242 g/mol. The highest BCUT2D eigenvalue weighted by molar-refractivity contribution is 5.26. The van der Waals surface area contributed by atoms with Crippen LogP contribution in [0, 0.1) is 18.6 Å². The molecule has 0 aliphatic heterocycles. The summed E-state index contributed by atoms with van der Waals surface area (Å²) in [5.41, 5.74) is 0.188. The molecule has 0 saturated heterocycles. The molecule has 0 bridgehead atoms. The molecule has 1 atom stereocenters. The number of aliphatic hydroxyl groups is 1. The third kappa shape index (κ3) is 4.01. The lowest BCUT2D eigenvalue weighted by Crippen LogP contribution is -2.09. The SMILES string of the molecule is COCCOCCC(O)c1ccc(C)c(F)c1F. The molecule has 1 rings (SSSR count). The van der Waals surface area contributed by atoms with Crippen molar-refractivity contribution in [2.45, 2.75) is 19.4 Å². The van der Waals surface area contributed by atoms with E-state index < -0.39 is 17.7 Å². The summed E-state index contributed by atoms with van der Waals surface area (Å²) in [5, 5.41) is 9.76. The molecule has 5 heteroatoms. The number of methoxy groups -OCH3 is 1. The Morgan fingerprint density at radius 3 is 2.56 bits per heavy atom. The van der Waals surface area contributed by atoms with Crippen LogP contribution in [0.5, 0.6) is 0 Å². The van der Waals surface area contributed by atoms with E-state index in [1.807, 2.05) is 0 Å². The minimum absolute atomic E-state index is 0.0339. The number of hydrogen-bond acceptors (Lipinski definition) is 3. The average Bonchev–Trinajstić information content (AvgIpc) is 2.35. The molecule has 3 nitrogen and oxygen atoms in total. The van der Waals surface area contributed by atoms with Gasteiger partial charge in [-0.2, -0.15) is 0 Å². The number of aryl methyl sites for hydroxylation is 1. The van der Waals surface area contributed by atoms with Crippen molar-refractivity contribution in [1.82, 2.24) is 0 Å². The molecule has 18 heavy (non-hydrogen) atoms. The summed E-state index contributed by atoms with van der Waals surface area (Å²) in [6.45, 7) is 2.61. The van der Waals surface area contributed by atoms with Crippen LogP contribution in [0.2, 0.25) is 0 Å². The molecule has 0 spiro atoms. The van der Waals surface area contributed by atoms with Gasteiger partial charge in [0.05, 0.1) is 19.3 Å². The normalized spacial score (nSPS) is 12.7. The minimum Gasteiger partial charge on any atom is -0.388 e. The third-order valence-electron chi connectivity index (χ3n) is 2.63. The van der Waals surface area contributed by atoms with Gasteiger partial charge in [0.1, 0.15) is 0 Å². The highest BCUT2D eigenvalue weighted by Gasteiger charge is 2.17. The highest BCUT2D eigenvalue weighted by Crippen LogP contribution is 2.23. The van der Waals surface area contributed by atoms with Crippen LogP contribution >= 0.6 is 0 Å². The zero-order chi connectivity index (χ0) is 13.5. The standard InChI is InChI=1S/C13H18F2O3/c1-9-3-4-10(13(15)12(9)14)11(16)5-6-18-8-7-17-2/h3-4,11,16H,5-8H2,1-2H3. The number of aliphatic hydroxyl groups excluding tert-OH is 1. The average molecular weight is 260 g/mol. The van der Waals surface area contributed by atoms with Crippen molar-refractivity contribution >= 4 is 0 Å². The van der Waals surface area contributed by atoms with Crippen LogP contribution in [-0.2, 0) is 9.47 Å². The maximum atomic E-state index is 13.5. The highest BCUT2D eigenvalue weighted by atomic mass is 19.2. The molecule has 1 N–H and O–H groups in total. The molecule has 102 valence electrons. The predicted octanol–water partition coefficient (Wildman–Crippen LogP) is 2.36. The van der Waals surface area contributed by atoms with Crippen LogP contribution in [-0.4, -0.2) is 32.0 Å². The Balaban J connectivity index is 2.51.